The molecule has 0 radical (unpaired) electrons. The summed E-state index contributed by atoms with van der Waals surface area (Å²) in [7, 11) is 1.64. The zero-order valence-electron chi connectivity index (χ0n) is 11.9. The predicted octanol–water partition coefficient (Wildman–Crippen LogP) is 3.62. The third-order valence-corrected chi connectivity index (χ3v) is 4.19. The largest absolute Gasteiger partial charge is 0.497 e. The molecule has 6 heteroatoms. The zero-order valence-corrected chi connectivity index (χ0v) is 12.7. The number of aromatic carboxylic acids is 1. The van der Waals surface area contributed by atoms with Crippen LogP contribution in [0, 0.1) is 0 Å². The quantitative estimate of drug-likeness (QED) is 0.752. The average Bonchev–Trinajstić information content (AvgIpc) is 2.95. The van der Waals surface area contributed by atoms with Gasteiger partial charge in [-0.15, -0.1) is 0 Å². The lowest BCUT2D eigenvalue weighted by atomic mass is 10.1. The smallest absolute Gasteiger partial charge is 0.335 e. The second kappa shape index (κ2) is 6.03. The van der Waals surface area contributed by atoms with Crippen LogP contribution in [0.3, 0.4) is 0 Å². The first-order valence-electron chi connectivity index (χ1n) is 6.66. The Morgan fingerprint density at radius 2 is 2.18 bits per heavy atom. The Kier molecular flexibility index (Phi) is 3.93. The fraction of sp³-hybridized carbons (Fsp3) is 0.125. The number of ether oxygens (including phenoxy) is 1. The van der Waals surface area contributed by atoms with Crippen molar-refractivity contribution in [3.8, 4) is 5.75 Å². The molecule has 22 heavy (non-hydrogen) atoms. The lowest BCUT2D eigenvalue weighted by Crippen LogP contribution is -2.02. The molecule has 0 aliphatic heterocycles. The summed E-state index contributed by atoms with van der Waals surface area (Å²) < 4.78 is 6.24. The summed E-state index contributed by atoms with van der Waals surface area (Å²) in [5.41, 5.74) is 2.10. The summed E-state index contributed by atoms with van der Waals surface area (Å²) in [6, 6.07) is 12.6. The number of carbonyl (C=O) groups is 1. The zero-order chi connectivity index (χ0) is 15.5. The molecule has 0 aliphatic carbocycles. The number of carboxylic acids is 1. The molecule has 0 bridgehead atoms. The molecule has 3 aromatic rings. The van der Waals surface area contributed by atoms with Crippen LogP contribution < -0.4 is 10.1 Å². The highest BCUT2D eigenvalue weighted by molar-refractivity contribution is 7.22. The Morgan fingerprint density at radius 1 is 1.32 bits per heavy atom. The first-order valence-corrected chi connectivity index (χ1v) is 7.48. The van der Waals surface area contributed by atoms with Crippen LogP contribution >= 0.6 is 11.3 Å². The minimum Gasteiger partial charge on any atom is -0.497 e. The van der Waals surface area contributed by atoms with Crippen molar-refractivity contribution in [3.63, 3.8) is 0 Å². The molecule has 0 amide bonds. The molecule has 0 fully saturated rings. The van der Waals surface area contributed by atoms with Crippen LogP contribution in [0.5, 0.6) is 5.75 Å². The molecule has 0 atom stereocenters. The second-order valence-electron chi connectivity index (χ2n) is 4.71. The van der Waals surface area contributed by atoms with Crippen molar-refractivity contribution in [2.45, 2.75) is 6.54 Å². The van der Waals surface area contributed by atoms with Gasteiger partial charge in [0, 0.05) is 6.54 Å². The molecule has 1 aromatic heterocycles. The van der Waals surface area contributed by atoms with Gasteiger partial charge >= 0.3 is 5.97 Å². The third-order valence-electron chi connectivity index (χ3n) is 3.21. The lowest BCUT2D eigenvalue weighted by molar-refractivity contribution is 0.0697. The van der Waals surface area contributed by atoms with Gasteiger partial charge in [0.1, 0.15) is 5.75 Å². The molecular formula is C16H14N2O3S. The Hall–Kier alpha value is -2.60. The number of rotatable bonds is 5. The molecule has 112 valence electrons. The molecule has 0 unspecified atom stereocenters. The standard InChI is InChI=1S/C16H14N2O3S/c1-21-12-5-6-13-14(8-12)22-16(18-13)17-9-10-3-2-4-11(7-10)15(19)20/h2-8H,9H2,1H3,(H,17,18)(H,19,20). The summed E-state index contributed by atoms with van der Waals surface area (Å²) in [5.74, 6) is -0.120. The van der Waals surface area contributed by atoms with Gasteiger partial charge in [-0.05, 0) is 35.9 Å². The summed E-state index contributed by atoms with van der Waals surface area (Å²) in [5, 5.41) is 13.0. The van der Waals surface area contributed by atoms with Gasteiger partial charge in [0.15, 0.2) is 5.13 Å². The van der Waals surface area contributed by atoms with Gasteiger partial charge in [-0.2, -0.15) is 0 Å². The molecule has 5 nitrogen and oxygen atoms in total. The monoisotopic (exact) mass is 314 g/mol. The molecule has 0 aliphatic rings. The minimum atomic E-state index is -0.922. The number of hydrogen-bond acceptors (Lipinski definition) is 5. The van der Waals surface area contributed by atoms with Gasteiger partial charge < -0.3 is 15.2 Å². The van der Waals surface area contributed by atoms with Crippen LogP contribution in [0.15, 0.2) is 42.5 Å². The first-order chi connectivity index (χ1) is 10.7. The number of methoxy groups -OCH3 is 1. The Bertz CT molecular complexity index is 829. The van der Waals surface area contributed by atoms with Crippen LogP contribution in [0.4, 0.5) is 5.13 Å². The van der Waals surface area contributed by atoms with Crippen LogP contribution in [-0.4, -0.2) is 23.2 Å². The van der Waals surface area contributed by atoms with Crippen LogP contribution in [0.2, 0.25) is 0 Å². The van der Waals surface area contributed by atoms with E-state index in [9.17, 15) is 4.79 Å². The van der Waals surface area contributed by atoms with Crippen molar-refractivity contribution >= 4 is 32.7 Å². The highest BCUT2D eigenvalue weighted by Crippen LogP contribution is 2.29. The maximum atomic E-state index is 11.0. The van der Waals surface area contributed by atoms with Gasteiger partial charge in [0.2, 0.25) is 0 Å². The van der Waals surface area contributed by atoms with E-state index in [2.05, 4.69) is 10.3 Å². The number of hydrogen-bond donors (Lipinski definition) is 2. The van der Waals surface area contributed by atoms with E-state index in [1.807, 2.05) is 24.3 Å². The first kappa shape index (κ1) is 14.3. The van der Waals surface area contributed by atoms with Crippen molar-refractivity contribution < 1.29 is 14.6 Å². The number of nitrogens with one attached hydrogen (secondary N) is 1. The molecule has 2 N–H and O–H groups in total. The topological polar surface area (TPSA) is 71.5 Å². The van der Waals surface area contributed by atoms with E-state index in [4.69, 9.17) is 9.84 Å². The predicted molar refractivity (Wildman–Crippen MR) is 86.9 cm³/mol. The molecule has 0 saturated carbocycles. The van der Waals surface area contributed by atoms with Crippen molar-refractivity contribution in [1.82, 2.24) is 4.98 Å². The highest BCUT2D eigenvalue weighted by Gasteiger charge is 2.06. The van der Waals surface area contributed by atoms with E-state index >= 15 is 0 Å². The lowest BCUT2D eigenvalue weighted by Gasteiger charge is -2.03. The third kappa shape index (κ3) is 3.01. The summed E-state index contributed by atoms with van der Waals surface area (Å²) in [6.45, 7) is 0.526. The van der Waals surface area contributed by atoms with Crippen LogP contribution in [0.25, 0.3) is 10.2 Å². The number of aromatic nitrogens is 1. The minimum absolute atomic E-state index is 0.285. The number of benzene rings is 2. The van der Waals surface area contributed by atoms with Gasteiger partial charge in [0.25, 0.3) is 0 Å². The maximum Gasteiger partial charge on any atom is 0.335 e. The Labute approximate surface area is 131 Å². The van der Waals surface area contributed by atoms with Gasteiger partial charge in [0.05, 0.1) is 22.9 Å². The van der Waals surface area contributed by atoms with Crippen LogP contribution in [-0.2, 0) is 6.54 Å². The van der Waals surface area contributed by atoms with Crippen molar-refractivity contribution in [1.29, 1.82) is 0 Å². The molecule has 3 rings (SSSR count). The molecule has 0 spiro atoms. The summed E-state index contributed by atoms with van der Waals surface area (Å²) in [6.07, 6.45) is 0. The van der Waals surface area contributed by atoms with Crippen LogP contribution in [0.1, 0.15) is 15.9 Å². The number of fused-ring (bicyclic) bond motifs is 1. The Balaban J connectivity index is 1.76. The Morgan fingerprint density at radius 3 is 2.95 bits per heavy atom. The van der Waals surface area contributed by atoms with E-state index < -0.39 is 5.97 Å². The summed E-state index contributed by atoms with van der Waals surface area (Å²) in [4.78, 5) is 15.5. The van der Waals surface area contributed by atoms with Crippen molar-refractivity contribution in [2.75, 3.05) is 12.4 Å². The highest BCUT2D eigenvalue weighted by atomic mass is 32.1. The van der Waals surface area contributed by atoms with E-state index in [1.165, 1.54) is 11.3 Å². The molecule has 1 heterocycles. The number of carboxylic acid groups (broad SMARTS) is 1. The number of thiazole rings is 1. The van der Waals surface area contributed by atoms with E-state index in [-0.39, 0.29) is 5.56 Å². The van der Waals surface area contributed by atoms with Crippen molar-refractivity contribution in [3.05, 3.63) is 53.6 Å². The van der Waals surface area contributed by atoms with Gasteiger partial charge in [-0.25, -0.2) is 9.78 Å². The molecular weight excluding hydrogens is 300 g/mol. The van der Waals surface area contributed by atoms with E-state index in [0.717, 1.165) is 26.7 Å². The summed E-state index contributed by atoms with van der Waals surface area (Å²) >= 11 is 1.54. The number of nitrogens with zero attached hydrogens (tertiary/aromatic N) is 1. The van der Waals surface area contributed by atoms with E-state index in [1.54, 1.807) is 25.3 Å². The van der Waals surface area contributed by atoms with Gasteiger partial charge in [-0.1, -0.05) is 23.5 Å². The fourth-order valence-corrected chi connectivity index (χ4v) is 2.99. The maximum absolute atomic E-state index is 11.0. The van der Waals surface area contributed by atoms with E-state index in [0.29, 0.717) is 6.54 Å². The van der Waals surface area contributed by atoms with Gasteiger partial charge in [-0.3, -0.25) is 0 Å². The SMILES string of the molecule is COc1ccc2nc(NCc3cccc(C(=O)O)c3)sc2c1. The average molecular weight is 314 g/mol. The second-order valence-corrected chi connectivity index (χ2v) is 5.74. The normalized spacial score (nSPS) is 10.6. The molecule has 2 aromatic carbocycles. The fourth-order valence-electron chi connectivity index (χ4n) is 2.10. The van der Waals surface area contributed by atoms with Crippen molar-refractivity contribution in [2.24, 2.45) is 0 Å². The molecule has 0 saturated heterocycles. The number of anilines is 1.